The molecule has 130 valence electrons. The Morgan fingerprint density at radius 1 is 1.17 bits per heavy atom. The fourth-order valence-corrected chi connectivity index (χ4v) is 3.10. The van der Waals surface area contributed by atoms with E-state index < -0.39 is 6.10 Å². The molecule has 0 radical (unpaired) electrons. The number of aliphatic hydroxyl groups excluding tert-OH is 1. The molecule has 2 rings (SSSR count). The summed E-state index contributed by atoms with van der Waals surface area (Å²) < 4.78 is 23.7. The first-order valence-electron chi connectivity index (χ1n) is 8.46. The molecule has 0 unspecified atom stereocenters. The molecule has 1 aliphatic rings. The molecule has 5 heteroatoms. The lowest BCUT2D eigenvalue weighted by Crippen LogP contribution is -2.48. The van der Waals surface area contributed by atoms with Crippen LogP contribution in [0.4, 0.5) is 4.39 Å². The van der Waals surface area contributed by atoms with E-state index in [4.69, 9.17) is 9.47 Å². The Hall–Kier alpha value is -1.17. The number of hydrogen-bond acceptors (Lipinski definition) is 4. The van der Waals surface area contributed by atoms with Crippen LogP contribution in [0, 0.1) is 5.82 Å². The van der Waals surface area contributed by atoms with Crippen LogP contribution in [-0.2, 0) is 4.74 Å². The minimum atomic E-state index is -0.483. The molecule has 23 heavy (non-hydrogen) atoms. The first-order chi connectivity index (χ1) is 11.1. The van der Waals surface area contributed by atoms with Crippen LogP contribution in [0.1, 0.15) is 33.1 Å². The molecule has 0 aromatic heterocycles. The molecule has 3 atom stereocenters. The van der Waals surface area contributed by atoms with Gasteiger partial charge < -0.3 is 14.6 Å². The first kappa shape index (κ1) is 18.2. The summed E-state index contributed by atoms with van der Waals surface area (Å²) in [6, 6.07) is 6.94. The summed E-state index contributed by atoms with van der Waals surface area (Å²) in [4.78, 5) is 2.37. The Labute approximate surface area is 138 Å². The summed E-state index contributed by atoms with van der Waals surface area (Å²) in [6.45, 7) is 6.19. The molecular weight excluding hydrogens is 297 g/mol. The van der Waals surface area contributed by atoms with Gasteiger partial charge >= 0.3 is 0 Å². The molecule has 0 saturated carbocycles. The number of benzene rings is 1. The van der Waals surface area contributed by atoms with Crippen molar-refractivity contribution in [1.29, 1.82) is 0 Å². The van der Waals surface area contributed by atoms with E-state index in [1.165, 1.54) is 31.4 Å². The number of nitrogens with zero attached hydrogens (tertiary/aromatic N) is 1. The Bertz CT molecular complexity index is 444. The second-order valence-electron chi connectivity index (χ2n) is 6.36. The number of likely N-dealkylation sites (tertiary alicyclic amines) is 1. The van der Waals surface area contributed by atoms with Crippen molar-refractivity contribution in [3.8, 4) is 5.75 Å². The van der Waals surface area contributed by atoms with Crippen molar-refractivity contribution in [3.63, 3.8) is 0 Å². The average molecular weight is 325 g/mol. The normalized spacial score (nSPS) is 23.7. The third kappa shape index (κ3) is 6.09. The van der Waals surface area contributed by atoms with Crippen molar-refractivity contribution < 1.29 is 19.0 Å². The Morgan fingerprint density at radius 2 is 1.83 bits per heavy atom. The van der Waals surface area contributed by atoms with Crippen LogP contribution in [0.5, 0.6) is 5.75 Å². The lowest BCUT2D eigenvalue weighted by Gasteiger charge is -2.40. The van der Waals surface area contributed by atoms with Crippen LogP contribution in [0.2, 0.25) is 0 Å². The molecule has 4 nitrogen and oxygen atoms in total. The predicted molar refractivity (Wildman–Crippen MR) is 88.2 cm³/mol. The van der Waals surface area contributed by atoms with Gasteiger partial charge in [0.05, 0.1) is 19.3 Å². The standard InChI is InChI=1S/C18H28FNO3/c1-14-4-3-5-15(2)20(14)12-17(21)13-22-10-11-23-18-8-6-16(19)7-9-18/h6-9,14-15,17,21H,3-5,10-13H2,1-2H3/t14-,15-,17+/m1/s1. The van der Waals surface area contributed by atoms with Gasteiger partial charge in [0.25, 0.3) is 0 Å². The largest absolute Gasteiger partial charge is 0.491 e. The van der Waals surface area contributed by atoms with Gasteiger partial charge in [-0.05, 0) is 51.0 Å². The molecule has 1 heterocycles. The summed E-state index contributed by atoms with van der Waals surface area (Å²) in [5.41, 5.74) is 0. The van der Waals surface area contributed by atoms with E-state index in [0.717, 1.165) is 0 Å². The SMILES string of the molecule is C[C@@H]1CCC[C@@H](C)N1C[C@H](O)COCCOc1ccc(F)cc1. The van der Waals surface area contributed by atoms with E-state index in [1.807, 2.05) is 0 Å². The molecule has 1 fully saturated rings. The lowest BCUT2D eigenvalue weighted by molar-refractivity contribution is -0.0141. The van der Waals surface area contributed by atoms with Gasteiger partial charge in [0.1, 0.15) is 18.2 Å². The molecule has 1 saturated heterocycles. The van der Waals surface area contributed by atoms with Crippen molar-refractivity contribution >= 4 is 0 Å². The van der Waals surface area contributed by atoms with E-state index in [9.17, 15) is 9.50 Å². The number of hydrogen-bond donors (Lipinski definition) is 1. The van der Waals surface area contributed by atoms with E-state index >= 15 is 0 Å². The highest BCUT2D eigenvalue weighted by atomic mass is 19.1. The maximum Gasteiger partial charge on any atom is 0.123 e. The van der Waals surface area contributed by atoms with Gasteiger partial charge in [-0.1, -0.05) is 6.42 Å². The number of rotatable bonds is 8. The zero-order chi connectivity index (χ0) is 16.7. The summed E-state index contributed by atoms with van der Waals surface area (Å²) in [5.74, 6) is 0.337. The predicted octanol–water partition coefficient (Wildman–Crippen LogP) is 2.84. The van der Waals surface area contributed by atoms with Crippen molar-refractivity contribution in [3.05, 3.63) is 30.1 Å². The van der Waals surface area contributed by atoms with Gasteiger partial charge in [0, 0.05) is 18.6 Å². The van der Waals surface area contributed by atoms with Gasteiger partial charge in [-0.2, -0.15) is 0 Å². The smallest absolute Gasteiger partial charge is 0.123 e. The summed E-state index contributed by atoms with van der Waals surface area (Å²) in [5, 5.41) is 10.1. The highest BCUT2D eigenvalue weighted by molar-refractivity contribution is 5.21. The van der Waals surface area contributed by atoms with Gasteiger partial charge in [0.15, 0.2) is 0 Å². The maximum atomic E-state index is 12.8. The van der Waals surface area contributed by atoms with Crippen LogP contribution in [0.15, 0.2) is 24.3 Å². The molecule has 0 amide bonds. The molecule has 0 aliphatic carbocycles. The number of aliphatic hydroxyl groups is 1. The van der Waals surface area contributed by atoms with Crippen molar-refractivity contribution in [2.45, 2.75) is 51.3 Å². The van der Waals surface area contributed by atoms with E-state index in [0.29, 0.717) is 44.2 Å². The quantitative estimate of drug-likeness (QED) is 0.746. The van der Waals surface area contributed by atoms with Crippen molar-refractivity contribution in [2.24, 2.45) is 0 Å². The maximum absolute atomic E-state index is 12.8. The highest BCUT2D eigenvalue weighted by Gasteiger charge is 2.26. The van der Waals surface area contributed by atoms with Gasteiger partial charge in [-0.25, -0.2) is 4.39 Å². The second kappa shape index (κ2) is 9.21. The third-order valence-corrected chi connectivity index (χ3v) is 4.42. The highest BCUT2D eigenvalue weighted by Crippen LogP contribution is 2.22. The zero-order valence-corrected chi connectivity index (χ0v) is 14.1. The zero-order valence-electron chi connectivity index (χ0n) is 14.1. The molecular formula is C18H28FNO3. The van der Waals surface area contributed by atoms with Crippen LogP contribution in [0.3, 0.4) is 0 Å². The number of β-amino-alcohol motifs (C(OH)–C–C–N with tert-alkyl or cyclic N) is 1. The Morgan fingerprint density at radius 3 is 2.48 bits per heavy atom. The van der Waals surface area contributed by atoms with Gasteiger partial charge in [-0.3, -0.25) is 4.90 Å². The summed E-state index contributed by atoms with van der Waals surface area (Å²) >= 11 is 0. The molecule has 1 aromatic carbocycles. The molecule has 0 bridgehead atoms. The molecule has 0 spiro atoms. The van der Waals surface area contributed by atoms with Crippen molar-refractivity contribution in [1.82, 2.24) is 4.90 Å². The van der Waals surface area contributed by atoms with Gasteiger partial charge in [0.2, 0.25) is 0 Å². The van der Waals surface area contributed by atoms with Crippen LogP contribution < -0.4 is 4.74 Å². The third-order valence-electron chi connectivity index (χ3n) is 4.42. The average Bonchev–Trinajstić information content (AvgIpc) is 2.52. The second-order valence-corrected chi connectivity index (χ2v) is 6.36. The van der Waals surface area contributed by atoms with Crippen LogP contribution in [-0.4, -0.2) is 54.6 Å². The monoisotopic (exact) mass is 325 g/mol. The minimum absolute atomic E-state index is 0.280. The summed E-state index contributed by atoms with van der Waals surface area (Å²) in [7, 11) is 0. The summed E-state index contributed by atoms with van der Waals surface area (Å²) in [6.07, 6.45) is 3.18. The topological polar surface area (TPSA) is 41.9 Å². The van der Waals surface area contributed by atoms with E-state index in [-0.39, 0.29) is 5.82 Å². The minimum Gasteiger partial charge on any atom is -0.491 e. The molecule has 1 aromatic rings. The fraction of sp³-hybridized carbons (Fsp3) is 0.667. The van der Waals surface area contributed by atoms with Gasteiger partial charge in [-0.15, -0.1) is 0 Å². The number of halogens is 1. The van der Waals surface area contributed by atoms with Crippen molar-refractivity contribution in [2.75, 3.05) is 26.4 Å². The Balaban J connectivity index is 1.59. The number of piperidine rings is 1. The Kier molecular flexibility index (Phi) is 7.27. The first-order valence-corrected chi connectivity index (χ1v) is 8.46. The van der Waals surface area contributed by atoms with E-state index in [2.05, 4.69) is 18.7 Å². The molecule has 1 N–H and O–H groups in total. The van der Waals surface area contributed by atoms with E-state index in [1.54, 1.807) is 12.1 Å². The van der Waals surface area contributed by atoms with Crippen LogP contribution in [0.25, 0.3) is 0 Å². The fourth-order valence-electron chi connectivity index (χ4n) is 3.10. The lowest BCUT2D eigenvalue weighted by atomic mass is 9.97. The van der Waals surface area contributed by atoms with Crippen LogP contribution >= 0.6 is 0 Å². The number of ether oxygens (including phenoxy) is 2. The molecule has 1 aliphatic heterocycles.